The van der Waals surface area contributed by atoms with Crippen LogP contribution in [0.2, 0.25) is 5.02 Å². The van der Waals surface area contributed by atoms with E-state index in [1.54, 1.807) is 23.1 Å². The van der Waals surface area contributed by atoms with Crippen LogP contribution in [0.5, 0.6) is 0 Å². The van der Waals surface area contributed by atoms with Crippen molar-refractivity contribution in [2.75, 3.05) is 64.4 Å². The number of piperazine rings is 1. The van der Waals surface area contributed by atoms with Crippen LogP contribution in [-0.4, -0.2) is 110 Å². The molecule has 1 atom stereocenters. The Morgan fingerprint density at radius 2 is 1.77 bits per heavy atom. The highest BCUT2D eigenvalue weighted by atomic mass is 35.5. The number of nitrogen functional groups attached to an aromatic ring is 1. The second kappa shape index (κ2) is 13.0. The average Bonchev–Trinajstić information content (AvgIpc) is 3.77. The summed E-state index contributed by atoms with van der Waals surface area (Å²) in [5, 5.41) is 6.86. The van der Waals surface area contributed by atoms with Crippen molar-refractivity contribution >= 4 is 40.7 Å². The quantitative estimate of drug-likeness (QED) is 0.284. The summed E-state index contributed by atoms with van der Waals surface area (Å²) in [4.78, 5) is 51.4. The highest BCUT2D eigenvalue weighted by Gasteiger charge is 2.38. The molecule has 2 saturated heterocycles. The van der Waals surface area contributed by atoms with Crippen molar-refractivity contribution in [3.8, 4) is 17.1 Å². The van der Waals surface area contributed by atoms with Crippen LogP contribution >= 0.6 is 11.6 Å². The van der Waals surface area contributed by atoms with Gasteiger partial charge in [-0.1, -0.05) is 11.6 Å². The van der Waals surface area contributed by atoms with Crippen LogP contribution in [0.1, 0.15) is 39.5 Å². The molecule has 2 aliphatic rings. The number of carbonyl (C=O) groups excluding carboxylic acids is 3. The molecule has 0 aliphatic carbocycles. The van der Waals surface area contributed by atoms with Gasteiger partial charge in [0.25, 0.3) is 18.2 Å². The summed E-state index contributed by atoms with van der Waals surface area (Å²) < 4.78 is 31.4. The molecule has 4 aromatic rings. The van der Waals surface area contributed by atoms with Gasteiger partial charge < -0.3 is 29.9 Å². The maximum atomic E-state index is 14.0. The van der Waals surface area contributed by atoms with Crippen LogP contribution in [0.4, 0.5) is 20.2 Å². The fourth-order valence-electron chi connectivity index (χ4n) is 6.26. The fraction of sp³-hybridized carbons (Fsp3) is 0.375. The number of pyridine rings is 1. The van der Waals surface area contributed by atoms with Gasteiger partial charge in [0.1, 0.15) is 5.69 Å². The number of nitrogens with one attached hydrogen (secondary N) is 1. The lowest BCUT2D eigenvalue weighted by Crippen LogP contribution is -2.52. The zero-order chi connectivity index (χ0) is 34.3. The lowest BCUT2D eigenvalue weighted by atomic mass is 10.1. The molecule has 3 amide bonds. The Morgan fingerprint density at radius 3 is 2.40 bits per heavy atom. The Balaban J connectivity index is 1.11. The monoisotopic (exact) mass is 681 g/mol. The number of alkyl halides is 2. The highest BCUT2D eigenvalue weighted by Crippen LogP contribution is 2.32. The van der Waals surface area contributed by atoms with Gasteiger partial charge in [-0.2, -0.15) is 5.10 Å². The Kier molecular flexibility index (Phi) is 8.92. The van der Waals surface area contributed by atoms with Gasteiger partial charge in [-0.15, -0.1) is 0 Å². The van der Waals surface area contributed by atoms with Gasteiger partial charge in [0, 0.05) is 57.1 Å². The van der Waals surface area contributed by atoms with E-state index >= 15 is 0 Å². The van der Waals surface area contributed by atoms with Gasteiger partial charge >= 0.3 is 0 Å². The summed E-state index contributed by atoms with van der Waals surface area (Å²) in [6.07, 6.45) is 2.07. The van der Waals surface area contributed by atoms with Crippen molar-refractivity contribution < 1.29 is 27.6 Å². The van der Waals surface area contributed by atoms with Crippen molar-refractivity contribution in [1.82, 2.24) is 34.1 Å². The smallest absolute Gasteiger partial charge is 0.291 e. The topological polar surface area (TPSA) is 144 Å². The normalized spacial score (nSPS) is 17.6. The summed E-state index contributed by atoms with van der Waals surface area (Å²) in [5.74, 6) is -0.464. The van der Waals surface area contributed by atoms with Crippen LogP contribution in [0.25, 0.3) is 17.1 Å². The van der Waals surface area contributed by atoms with Crippen molar-refractivity contribution in [3.63, 3.8) is 0 Å². The molecule has 3 aromatic heterocycles. The van der Waals surface area contributed by atoms with Crippen molar-refractivity contribution in [1.29, 1.82) is 0 Å². The van der Waals surface area contributed by atoms with E-state index in [1.807, 2.05) is 4.90 Å². The molecule has 1 aromatic carbocycles. The number of benzene rings is 1. The molecule has 0 saturated carbocycles. The van der Waals surface area contributed by atoms with Gasteiger partial charge in [0.05, 0.1) is 67.5 Å². The molecule has 0 spiro atoms. The van der Waals surface area contributed by atoms with Crippen LogP contribution in [0, 0.1) is 5.92 Å². The number of hydrogen-bond acceptors (Lipinski definition) is 7. The molecule has 0 radical (unpaired) electrons. The predicted octanol–water partition coefficient (Wildman–Crippen LogP) is 3.47. The number of nitrogens with two attached hydrogens (primary N) is 1. The summed E-state index contributed by atoms with van der Waals surface area (Å²) in [6.45, 7) is 3.52. The van der Waals surface area contributed by atoms with Gasteiger partial charge in [-0.05, 0) is 30.3 Å². The number of aromatic nitrogens is 5. The standard InChI is InChI=1S/C32H35ClF2N10O3/c1-41-25(23-17-44(40-27(23)28(34)35)26-7-4-20(36)15-37-26)16-38-29(41)30(46)39-21-5-6-22(24(33)14-21)32(48)43-11-9-42(10-12-43)31(47)19-8-13-45(2,3)18-19/h4-7,14-17,19,28H,8-13,18,36H2,1-3H3/p+1. The number of rotatable bonds is 7. The number of anilines is 2. The maximum Gasteiger partial charge on any atom is 0.291 e. The van der Waals surface area contributed by atoms with Gasteiger partial charge in [0.2, 0.25) is 5.91 Å². The second-order valence-electron chi connectivity index (χ2n) is 12.7. The van der Waals surface area contributed by atoms with E-state index in [0.717, 1.165) is 24.0 Å². The number of imidazole rings is 1. The molecule has 5 heterocycles. The second-order valence-corrected chi connectivity index (χ2v) is 13.2. The van der Waals surface area contributed by atoms with Gasteiger partial charge in [-0.25, -0.2) is 23.4 Å². The van der Waals surface area contributed by atoms with Crippen LogP contribution < -0.4 is 11.1 Å². The van der Waals surface area contributed by atoms with E-state index in [0.29, 0.717) is 37.6 Å². The zero-order valence-corrected chi connectivity index (χ0v) is 27.5. The fourth-order valence-corrected chi connectivity index (χ4v) is 6.53. The third-order valence-electron chi connectivity index (χ3n) is 8.90. The lowest BCUT2D eigenvalue weighted by Gasteiger charge is -2.36. The number of quaternary nitrogens is 1. The number of nitrogens with zero attached hydrogens (tertiary/aromatic N) is 8. The summed E-state index contributed by atoms with van der Waals surface area (Å²) >= 11 is 6.51. The molecule has 16 heteroatoms. The Bertz CT molecular complexity index is 1870. The Labute approximate surface area is 280 Å². The zero-order valence-electron chi connectivity index (χ0n) is 26.7. The van der Waals surface area contributed by atoms with Crippen LogP contribution in [0.3, 0.4) is 0 Å². The summed E-state index contributed by atoms with van der Waals surface area (Å²) in [6, 6.07) is 7.69. The van der Waals surface area contributed by atoms with E-state index in [2.05, 4.69) is 34.5 Å². The minimum atomic E-state index is -2.90. The lowest BCUT2D eigenvalue weighted by molar-refractivity contribution is -0.878. The largest absolute Gasteiger partial charge is 0.397 e. The first-order chi connectivity index (χ1) is 22.8. The Morgan fingerprint density at radius 1 is 1.04 bits per heavy atom. The first-order valence-electron chi connectivity index (χ1n) is 15.4. The van der Waals surface area contributed by atoms with Crippen LogP contribution in [-0.2, 0) is 11.8 Å². The molecule has 3 N–H and O–H groups in total. The third-order valence-corrected chi connectivity index (χ3v) is 9.22. The van der Waals surface area contributed by atoms with Crippen LogP contribution in [0.15, 0.2) is 48.9 Å². The number of amides is 3. The van der Waals surface area contributed by atoms with E-state index in [-0.39, 0.29) is 51.2 Å². The first kappa shape index (κ1) is 33.0. The number of halogens is 3. The van der Waals surface area contributed by atoms with E-state index in [4.69, 9.17) is 17.3 Å². The van der Waals surface area contributed by atoms with E-state index in [9.17, 15) is 23.2 Å². The van der Waals surface area contributed by atoms with E-state index in [1.165, 1.54) is 47.0 Å². The molecule has 48 heavy (non-hydrogen) atoms. The first-order valence-corrected chi connectivity index (χ1v) is 15.8. The van der Waals surface area contributed by atoms with Crippen molar-refractivity contribution in [2.45, 2.75) is 12.8 Å². The summed E-state index contributed by atoms with van der Waals surface area (Å²) in [7, 11) is 5.79. The van der Waals surface area contributed by atoms with Gasteiger partial charge in [-0.3, -0.25) is 14.4 Å². The molecule has 6 rings (SSSR count). The Hall–Kier alpha value is -4.89. The van der Waals surface area contributed by atoms with Crippen molar-refractivity contribution in [2.24, 2.45) is 13.0 Å². The molecule has 0 bridgehead atoms. The van der Waals surface area contributed by atoms with Crippen molar-refractivity contribution in [3.05, 3.63) is 71.0 Å². The number of carbonyl (C=O) groups is 3. The SMILES string of the molecule is Cn1c(-c2cn(-c3ccc(N)cn3)nc2C(F)F)cnc1C(=O)Nc1ccc(C(=O)N2CCN(C(=O)C3CC[N+](C)(C)C3)CC2)c(Cl)c1. The van der Waals surface area contributed by atoms with E-state index < -0.39 is 18.0 Å². The molecule has 2 fully saturated rings. The summed E-state index contributed by atoms with van der Waals surface area (Å²) in [5.41, 5.74) is 6.50. The molecular weight excluding hydrogens is 646 g/mol. The molecular formula is C32H36ClF2N10O3+. The average molecular weight is 682 g/mol. The molecule has 1 unspecified atom stereocenters. The van der Waals surface area contributed by atoms with Gasteiger partial charge in [0.15, 0.2) is 11.6 Å². The minimum absolute atomic E-state index is 0.0174. The predicted molar refractivity (Wildman–Crippen MR) is 175 cm³/mol. The number of hydrogen-bond donors (Lipinski definition) is 2. The molecule has 252 valence electrons. The molecule has 2 aliphatic heterocycles. The maximum absolute atomic E-state index is 14.0. The highest BCUT2D eigenvalue weighted by molar-refractivity contribution is 6.34. The molecule has 13 nitrogen and oxygen atoms in total. The minimum Gasteiger partial charge on any atom is -0.397 e. The number of likely N-dealkylation sites (tertiary alicyclic amines) is 1. The third kappa shape index (κ3) is 6.60.